The van der Waals surface area contributed by atoms with Gasteiger partial charge in [-0.25, -0.2) is 0 Å². The monoisotopic (exact) mass is 1500 g/mol. The van der Waals surface area contributed by atoms with Crippen molar-refractivity contribution in [1.29, 1.82) is 0 Å². The molecule has 17 atom stereocenters. The minimum atomic E-state index is -1.99. The van der Waals surface area contributed by atoms with E-state index in [1.165, 1.54) is 193 Å². The first kappa shape index (κ1) is 96.9. The molecule has 0 aromatic carbocycles. The first-order valence-corrected chi connectivity index (χ1v) is 42.5. The number of allylic oxidation sites excluding steroid dienone is 15. The molecule has 17 unspecified atom stereocenters. The summed E-state index contributed by atoms with van der Waals surface area (Å²) in [6.07, 6.45) is 64.0. The van der Waals surface area contributed by atoms with Crippen LogP contribution in [0.4, 0.5) is 0 Å². The zero-order valence-corrected chi connectivity index (χ0v) is 65.9. The van der Waals surface area contributed by atoms with E-state index in [0.717, 1.165) is 89.9 Å². The van der Waals surface area contributed by atoms with Crippen LogP contribution < -0.4 is 5.32 Å². The molecule has 0 aliphatic carbocycles. The molecule has 0 bridgehead atoms. The van der Waals surface area contributed by atoms with Crippen LogP contribution >= 0.6 is 0 Å². The number of hydrogen-bond acceptors (Lipinski definition) is 18. The van der Waals surface area contributed by atoms with Gasteiger partial charge in [-0.3, -0.25) is 4.79 Å². The molecule has 19 nitrogen and oxygen atoms in total. The number of carbonyl (C=O) groups excluding carboxylic acids is 1. The van der Waals surface area contributed by atoms with Gasteiger partial charge in [0.1, 0.15) is 73.2 Å². The van der Waals surface area contributed by atoms with Gasteiger partial charge >= 0.3 is 0 Å². The molecule has 3 aliphatic rings. The second kappa shape index (κ2) is 66.3. The lowest BCUT2D eigenvalue weighted by molar-refractivity contribution is -0.379. The number of ether oxygens (including phenoxy) is 6. The number of hydrogen-bond donors (Lipinski definition) is 12. The summed E-state index contributed by atoms with van der Waals surface area (Å²) in [4.78, 5) is 13.5. The van der Waals surface area contributed by atoms with Crippen LogP contribution in [0.25, 0.3) is 0 Å². The zero-order valence-electron chi connectivity index (χ0n) is 65.9. The molecule has 0 saturated carbocycles. The Kier molecular flexibility index (Phi) is 60.6. The Hall–Kier alpha value is -3.29. The van der Waals surface area contributed by atoms with Crippen LogP contribution in [0.5, 0.6) is 0 Å². The van der Waals surface area contributed by atoms with Crippen molar-refractivity contribution in [2.45, 2.75) is 420 Å². The minimum absolute atomic E-state index is 0.225. The molecular formula is C87H153NO18. The molecule has 3 rings (SSSR count). The van der Waals surface area contributed by atoms with Crippen molar-refractivity contribution in [1.82, 2.24) is 5.32 Å². The van der Waals surface area contributed by atoms with Gasteiger partial charge in [0.05, 0.1) is 38.6 Å². The van der Waals surface area contributed by atoms with Gasteiger partial charge in [-0.15, -0.1) is 0 Å². The van der Waals surface area contributed by atoms with Gasteiger partial charge in [-0.2, -0.15) is 0 Å². The van der Waals surface area contributed by atoms with Crippen LogP contribution in [0.15, 0.2) is 97.2 Å². The van der Waals surface area contributed by atoms with Gasteiger partial charge in [0.2, 0.25) is 5.91 Å². The van der Waals surface area contributed by atoms with E-state index in [1.807, 2.05) is 6.08 Å². The van der Waals surface area contributed by atoms with E-state index in [9.17, 15) is 61.0 Å². The molecule has 19 heteroatoms. The molecule has 3 aliphatic heterocycles. The number of nitrogens with one attached hydrogen (secondary N) is 1. The third-order valence-corrected chi connectivity index (χ3v) is 20.6. The van der Waals surface area contributed by atoms with Gasteiger partial charge < -0.3 is 89.9 Å². The summed E-state index contributed by atoms with van der Waals surface area (Å²) in [5.41, 5.74) is 0. The standard InChI is InChI=1S/C87H153NO18/c1-3-5-7-9-11-13-15-17-19-21-23-25-27-29-31-33-34-35-37-38-40-42-44-46-48-50-52-54-56-58-60-62-64-71(92)70(88-75(93)65-63-61-59-57-55-53-51-49-47-45-43-41-39-36-32-30-28-26-24-22-20-18-16-14-12-10-8-6-4-2)69-101-85-81(99)78(96)83(73(67-90)103-85)106-87-82(100)79(97)84(74(68-91)104-87)105-86-80(98)77(95)76(94)72(66-89)102-86/h6,8,12,14,18,20,24,26,30,32,39,41,54,56,62,64,70-74,76-87,89-92,94-100H,3-5,7,9-11,13,15-17,19,21-23,25,27-29,31,33-38,40,42-53,55,57-61,63,65-69H2,1-2H3,(H,88,93)/b8-6-,14-12-,20-18-,26-24-,32-30-,41-39-,56-54+,64-62+. The van der Waals surface area contributed by atoms with Crippen molar-refractivity contribution in [3.63, 3.8) is 0 Å². The van der Waals surface area contributed by atoms with E-state index < -0.39 is 124 Å². The smallest absolute Gasteiger partial charge is 0.220 e. The van der Waals surface area contributed by atoms with Crippen LogP contribution in [0, 0.1) is 0 Å². The maximum atomic E-state index is 13.5. The Labute approximate surface area is 641 Å². The normalized spacial score (nSPS) is 26.1. The Bertz CT molecular complexity index is 2290. The summed E-state index contributed by atoms with van der Waals surface area (Å²) in [5, 5.41) is 121. The molecular weight excluding hydrogens is 1350 g/mol. The molecule has 12 N–H and O–H groups in total. The number of aliphatic hydroxyl groups excluding tert-OH is 11. The number of aliphatic hydroxyl groups is 11. The molecule has 0 aromatic rings. The Balaban J connectivity index is 1.37. The highest BCUT2D eigenvalue weighted by atomic mass is 16.8. The molecule has 1 amide bonds. The lowest BCUT2D eigenvalue weighted by Crippen LogP contribution is -2.66. The highest BCUT2D eigenvalue weighted by Gasteiger charge is 2.54. The van der Waals surface area contributed by atoms with Crippen molar-refractivity contribution in [3.8, 4) is 0 Å². The third-order valence-electron chi connectivity index (χ3n) is 20.6. The summed E-state index contributed by atoms with van der Waals surface area (Å²) < 4.78 is 34.5. The number of unbranched alkanes of at least 4 members (excludes halogenated alkanes) is 37. The summed E-state index contributed by atoms with van der Waals surface area (Å²) in [6, 6.07) is -1.00. The third kappa shape index (κ3) is 45.3. The SMILES string of the molecule is CC/C=C\C/C=C\C/C=C\C/C=C\C/C=C\C/C=C\CCCCCCCCCCCCC(=O)NC(COC1OC(CO)C(OC2OC(CO)C(OC3OC(CO)C(O)C(O)C3O)C(O)C2O)C(O)C1O)C(O)/C=C/CC/C=C/CCCCCCCCCCCCCCCCCCCCCCCCCCCC. The maximum Gasteiger partial charge on any atom is 0.220 e. The number of carbonyl (C=O) groups is 1. The fourth-order valence-corrected chi connectivity index (χ4v) is 13.9. The van der Waals surface area contributed by atoms with Crippen LogP contribution in [-0.2, 0) is 33.2 Å². The van der Waals surface area contributed by atoms with E-state index in [-0.39, 0.29) is 18.9 Å². The summed E-state index contributed by atoms with van der Waals surface area (Å²) in [6.45, 7) is 1.63. The second-order valence-corrected chi connectivity index (χ2v) is 29.9. The van der Waals surface area contributed by atoms with Crippen LogP contribution in [-0.4, -0.2) is 193 Å². The van der Waals surface area contributed by atoms with Crippen molar-refractivity contribution >= 4 is 5.91 Å². The molecule has 3 fully saturated rings. The second-order valence-electron chi connectivity index (χ2n) is 29.9. The largest absolute Gasteiger partial charge is 0.394 e. The highest BCUT2D eigenvalue weighted by Crippen LogP contribution is 2.33. The Morgan fingerprint density at radius 2 is 0.660 bits per heavy atom. The van der Waals surface area contributed by atoms with Crippen LogP contribution in [0.1, 0.15) is 316 Å². The van der Waals surface area contributed by atoms with Crippen molar-refractivity contribution < 1.29 is 89.4 Å². The molecule has 3 heterocycles. The molecule has 0 spiro atoms. The fraction of sp³-hybridized carbons (Fsp3) is 0.805. The molecule has 0 aromatic heterocycles. The van der Waals surface area contributed by atoms with Crippen molar-refractivity contribution in [2.75, 3.05) is 26.4 Å². The predicted octanol–water partition coefficient (Wildman–Crippen LogP) is 15.1. The minimum Gasteiger partial charge on any atom is -0.394 e. The van der Waals surface area contributed by atoms with E-state index in [2.05, 4.69) is 104 Å². The van der Waals surface area contributed by atoms with Crippen molar-refractivity contribution in [3.05, 3.63) is 97.2 Å². The van der Waals surface area contributed by atoms with E-state index in [4.69, 9.17) is 28.4 Å². The first-order valence-electron chi connectivity index (χ1n) is 42.5. The maximum absolute atomic E-state index is 13.5. The predicted molar refractivity (Wildman–Crippen MR) is 424 cm³/mol. The lowest BCUT2D eigenvalue weighted by Gasteiger charge is -2.48. The van der Waals surface area contributed by atoms with Gasteiger partial charge in [0.25, 0.3) is 0 Å². The van der Waals surface area contributed by atoms with Gasteiger partial charge in [-0.1, -0.05) is 323 Å². The van der Waals surface area contributed by atoms with Gasteiger partial charge in [-0.05, 0) is 83.5 Å². The van der Waals surface area contributed by atoms with Crippen molar-refractivity contribution in [2.24, 2.45) is 0 Å². The van der Waals surface area contributed by atoms with E-state index in [0.29, 0.717) is 12.8 Å². The Morgan fingerprint density at radius 1 is 0.349 bits per heavy atom. The van der Waals surface area contributed by atoms with Gasteiger partial charge in [0, 0.05) is 6.42 Å². The number of amides is 1. The Morgan fingerprint density at radius 3 is 1.06 bits per heavy atom. The molecule has 614 valence electrons. The van der Waals surface area contributed by atoms with E-state index >= 15 is 0 Å². The number of rotatable bonds is 67. The summed E-state index contributed by atoms with van der Waals surface area (Å²) in [7, 11) is 0. The average molecular weight is 1500 g/mol. The quantitative estimate of drug-likeness (QED) is 0.0199. The first-order chi connectivity index (χ1) is 51.8. The molecule has 0 radical (unpaired) electrons. The molecule has 106 heavy (non-hydrogen) atoms. The van der Waals surface area contributed by atoms with Crippen LogP contribution in [0.2, 0.25) is 0 Å². The highest BCUT2D eigenvalue weighted by molar-refractivity contribution is 5.76. The topological polar surface area (TPSA) is 307 Å². The summed E-state index contributed by atoms with van der Waals surface area (Å²) >= 11 is 0. The average Bonchev–Trinajstić information content (AvgIpc) is 0.781. The lowest BCUT2D eigenvalue weighted by atomic mass is 9.96. The van der Waals surface area contributed by atoms with Crippen LogP contribution in [0.3, 0.4) is 0 Å². The summed E-state index contributed by atoms with van der Waals surface area (Å²) in [5.74, 6) is -0.291. The van der Waals surface area contributed by atoms with E-state index in [1.54, 1.807) is 6.08 Å². The zero-order chi connectivity index (χ0) is 76.7. The fourth-order valence-electron chi connectivity index (χ4n) is 13.9. The van der Waals surface area contributed by atoms with Gasteiger partial charge in [0.15, 0.2) is 18.9 Å². The molecule has 3 saturated heterocycles.